The van der Waals surface area contributed by atoms with Crippen molar-refractivity contribution in [2.24, 2.45) is 5.14 Å². The number of aromatic nitrogens is 4. The van der Waals surface area contributed by atoms with Crippen LogP contribution in [0.25, 0.3) is 11.2 Å². The molecule has 12 nitrogen and oxygen atoms in total. The normalized spacial score (nSPS) is 27.8. The number of nitrogens with two attached hydrogens (primary N) is 2. The molecule has 0 aromatic carbocycles. The van der Waals surface area contributed by atoms with E-state index in [0.29, 0.717) is 0 Å². The Morgan fingerprint density at radius 1 is 1.38 bits per heavy atom. The molecule has 14 heteroatoms. The number of anilines is 1. The van der Waals surface area contributed by atoms with E-state index >= 15 is 0 Å². The third kappa shape index (κ3) is 3.14. The molecule has 1 saturated heterocycles. The highest BCUT2D eigenvalue weighted by atomic mass is 35.5. The Labute approximate surface area is 140 Å². The summed E-state index contributed by atoms with van der Waals surface area (Å²) in [6.45, 7) is -0.571. The fourth-order valence-corrected chi connectivity index (χ4v) is 2.85. The molecule has 0 radical (unpaired) electrons. The molecule has 0 bridgehead atoms. The molecule has 0 saturated carbocycles. The van der Waals surface area contributed by atoms with E-state index in [9.17, 15) is 18.6 Å². The van der Waals surface area contributed by atoms with Crippen LogP contribution in [0.4, 0.5) is 5.82 Å². The van der Waals surface area contributed by atoms with E-state index < -0.39 is 41.5 Å². The molecule has 1 aliphatic heterocycles. The number of nitrogens with zero attached hydrogens (tertiary/aromatic N) is 4. The van der Waals surface area contributed by atoms with E-state index in [1.807, 2.05) is 0 Å². The van der Waals surface area contributed by atoms with Gasteiger partial charge in [-0.2, -0.15) is 18.4 Å². The molecule has 4 atom stereocenters. The van der Waals surface area contributed by atoms with Gasteiger partial charge < -0.3 is 20.7 Å². The smallest absolute Gasteiger partial charge is 0.333 e. The Morgan fingerprint density at radius 3 is 2.75 bits per heavy atom. The van der Waals surface area contributed by atoms with Crippen LogP contribution in [-0.4, -0.2) is 63.1 Å². The van der Waals surface area contributed by atoms with Gasteiger partial charge in [-0.05, 0) is 11.6 Å². The van der Waals surface area contributed by atoms with Crippen molar-refractivity contribution in [2.45, 2.75) is 24.5 Å². The van der Waals surface area contributed by atoms with Crippen LogP contribution >= 0.6 is 11.6 Å². The number of aliphatic hydroxyl groups excluding tert-OH is 2. The molecule has 3 heterocycles. The van der Waals surface area contributed by atoms with Crippen LogP contribution in [-0.2, 0) is 19.2 Å². The molecule has 0 unspecified atom stereocenters. The second-order valence-electron chi connectivity index (χ2n) is 5.03. The summed E-state index contributed by atoms with van der Waals surface area (Å²) in [4.78, 5) is 11.7. The standard InChI is InChI=1S/C10H13ClN6O6S/c11-10-15-7(12)4-8(16-10)17(2-14-4)9-6(19)5(18)3(23-9)1-22-24(13,20)21/h2-3,5-6,9,18-19H,1H2,(H2,12,15,16)(H2,13,20,21)/t3-,5-,6+,9+/m1/s1. The molecular formula is C10H13ClN6O6S. The molecule has 3 rings (SSSR count). The topological polar surface area (TPSA) is 189 Å². The first-order valence-electron chi connectivity index (χ1n) is 6.51. The van der Waals surface area contributed by atoms with E-state index in [-0.39, 0.29) is 22.3 Å². The van der Waals surface area contributed by atoms with Gasteiger partial charge in [-0.3, -0.25) is 8.75 Å². The van der Waals surface area contributed by atoms with Gasteiger partial charge >= 0.3 is 10.3 Å². The van der Waals surface area contributed by atoms with Crippen LogP contribution in [0.5, 0.6) is 0 Å². The van der Waals surface area contributed by atoms with Gasteiger partial charge in [0.1, 0.15) is 23.8 Å². The SMILES string of the molecule is Nc1nc(Cl)nc2c1ncn2[C@H]1O[C@H](COS(N)(=O)=O)[C@@H](O)[C@@H]1O. The highest BCUT2D eigenvalue weighted by molar-refractivity contribution is 7.84. The zero-order valence-corrected chi connectivity index (χ0v) is 13.4. The van der Waals surface area contributed by atoms with Crippen LogP contribution in [0.2, 0.25) is 5.28 Å². The minimum absolute atomic E-state index is 0.0332. The van der Waals surface area contributed by atoms with Gasteiger partial charge in [-0.25, -0.2) is 10.1 Å². The lowest BCUT2D eigenvalue weighted by atomic mass is 10.1. The van der Waals surface area contributed by atoms with Crippen LogP contribution < -0.4 is 10.9 Å². The number of rotatable bonds is 4. The maximum atomic E-state index is 10.8. The highest BCUT2D eigenvalue weighted by Gasteiger charge is 2.45. The summed E-state index contributed by atoms with van der Waals surface area (Å²) in [6, 6.07) is 0. The lowest BCUT2D eigenvalue weighted by Crippen LogP contribution is -2.35. The lowest BCUT2D eigenvalue weighted by Gasteiger charge is -2.16. The van der Waals surface area contributed by atoms with Crippen molar-refractivity contribution in [3.05, 3.63) is 11.6 Å². The zero-order valence-electron chi connectivity index (χ0n) is 11.9. The van der Waals surface area contributed by atoms with Gasteiger partial charge in [0.05, 0.1) is 12.9 Å². The van der Waals surface area contributed by atoms with Gasteiger partial charge in [0.15, 0.2) is 17.7 Å². The first-order chi connectivity index (χ1) is 11.2. The van der Waals surface area contributed by atoms with E-state index in [0.717, 1.165) is 0 Å². The fourth-order valence-electron chi connectivity index (χ4n) is 2.36. The average Bonchev–Trinajstić information content (AvgIpc) is 3.00. The highest BCUT2D eigenvalue weighted by Crippen LogP contribution is 2.32. The van der Waals surface area contributed by atoms with Crippen molar-refractivity contribution in [1.29, 1.82) is 0 Å². The van der Waals surface area contributed by atoms with Crippen molar-refractivity contribution in [2.75, 3.05) is 12.3 Å². The Kier molecular flexibility index (Phi) is 4.33. The third-order valence-corrected chi connectivity index (χ3v) is 4.06. The molecule has 132 valence electrons. The number of halogens is 1. The molecule has 1 aliphatic rings. The van der Waals surface area contributed by atoms with Gasteiger partial charge in [-0.15, -0.1) is 0 Å². The maximum absolute atomic E-state index is 10.8. The Morgan fingerprint density at radius 2 is 2.08 bits per heavy atom. The molecule has 2 aromatic heterocycles. The summed E-state index contributed by atoms with van der Waals surface area (Å²) < 4.78 is 32.8. The van der Waals surface area contributed by atoms with Crippen LogP contribution in [0.1, 0.15) is 6.23 Å². The molecule has 2 aromatic rings. The predicted octanol–water partition coefficient (Wildman–Crippen LogP) is -2.10. The molecule has 0 aliphatic carbocycles. The van der Waals surface area contributed by atoms with E-state index in [1.54, 1.807) is 0 Å². The summed E-state index contributed by atoms with van der Waals surface area (Å²) in [6.07, 6.45) is -3.83. The van der Waals surface area contributed by atoms with E-state index in [2.05, 4.69) is 19.1 Å². The first kappa shape index (κ1) is 17.2. The van der Waals surface area contributed by atoms with E-state index in [4.69, 9.17) is 27.2 Å². The minimum atomic E-state index is -4.22. The number of ether oxygens (including phenoxy) is 1. The largest absolute Gasteiger partial charge is 0.387 e. The zero-order chi connectivity index (χ0) is 17.6. The van der Waals surface area contributed by atoms with Gasteiger partial charge in [0, 0.05) is 0 Å². The molecular weight excluding hydrogens is 368 g/mol. The molecule has 24 heavy (non-hydrogen) atoms. The number of imidazole rings is 1. The third-order valence-electron chi connectivity index (χ3n) is 3.43. The van der Waals surface area contributed by atoms with Gasteiger partial charge in [-0.1, -0.05) is 0 Å². The van der Waals surface area contributed by atoms with Crippen molar-refractivity contribution < 1.29 is 27.6 Å². The second-order valence-corrected chi connectivity index (χ2v) is 6.58. The van der Waals surface area contributed by atoms with Crippen LogP contribution in [0.15, 0.2) is 6.33 Å². The summed E-state index contributed by atoms with van der Waals surface area (Å²) in [5, 5.41) is 24.7. The molecule has 0 amide bonds. The average molecular weight is 381 g/mol. The van der Waals surface area contributed by atoms with Gasteiger partial charge in [0.25, 0.3) is 0 Å². The van der Waals surface area contributed by atoms with Crippen molar-refractivity contribution >= 4 is 38.9 Å². The van der Waals surface area contributed by atoms with Crippen molar-refractivity contribution in [3.63, 3.8) is 0 Å². The molecule has 0 spiro atoms. The van der Waals surface area contributed by atoms with Crippen LogP contribution in [0, 0.1) is 0 Å². The summed E-state index contributed by atoms with van der Waals surface area (Å²) >= 11 is 5.76. The monoisotopic (exact) mass is 380 g/mol. The molecule has 6 N–H and O–H groups in total. The number of nitrogen functional groups attached to an aromatic ring is 1. The summed E-state index contributed by atoms with van der Waals surface area (Å²) in [5.74, 6) is 0.0332. The fraction of sp³-hybridized carbons (Fsp3) is 0.500. The van der Waals surface area contributed by atoms with Gasteiger partial charge in [0.2, 0.25) is 5.28 Å². The van der Waals surface area contributed by atoms with Crippen molar-refractivity contribution in [3.8, 4) is 0 Å². The second kappa shape index (κ2) is 6.03. The Hall–Kier alpha value is -1.61. The number of fused-ring (bicyclic) bond motifs is 1. The summed E-state index contributed by atoms with van der Waals surface area (Å²) in [5.41, 5.74) is 6.10. The number of hydrogen-bond donors (Lipinski definition) is 4. The number of hydrogen-bond acceptors (Lipinski definition) is 10. The Balaban J connectivity index is 1.90. The lowest BCUT2D eigenvalue weighted by molar-refractivity contribution is -0.0467. The quantitative estimate of drug-likeness (QED) is 0.427. The molecule has 1 fully saturated rings. The van der Waals surface area contributed by atoms with E-state index in [1.165, 1.54) is 10.9 Å². The first-order valence-corrected chi connectivity index (χ1v) is 8.36. The maximum Gasteiger partial charge on any atom is 0.333 e. The minimum Gasteiger partial charge on any atom is -0.387 e. The number of aliphatic hydroxyl groups is 2. The predicted molar refractivity (Wildman–Crippen MR) is 79.7 cm³/mol. The Bertz CT molecular complexity index is 874. The van der Waals surface area contributed by atoms with Crippen LogP contribution in [0.3, 0.4) is 0 Å². The van der Waals surface area contributed by atoms with Crippen molar-refractivity contribution in [1.82, 2.24) is 19.5 Å². The summed E-state index contributed by atoms with van der Waals surface area (Å²) in [7, 11) is -4.22.